The van der Waals surface area contributed by atoms with Crippen LogP contribution in [0.3, 0.4) is 0 Å². The van der Waals surface area contributed by atoms with Crippen molar-refractivity contribution in [2.75, 3.05) is 7.11 Å². The SMILES string of the molecule is COc1cc(C(C)(C)C)ccc1S(=O)(=O)N=C1C=CSC1=C([O-])[O-]. The molecule has 0 bridgehead atoms. The zero-order valence-corrected chi connectivity index (χ0v) is 15.3. The monoisotopic (exact) mass is 367 g/mol. The molecule has 130 valence electrons. The molecule has 0 amide bonds. The molecule has 1 aliphatic heterocycles. The first-order chi connectivity index (χ1) is 11.1. The predicted molar refractivity (Wildman–Crippen MR) is 90.1 cm³/mol. The average Bonchev–Trinajstić information content (AvgIpc) is 2.93. The fraction of sp³-hybridized carbons (Fsp3) is 0.312. The van der Waals surface area contributed by atoms with Crippen LogP contribution in [-0.4, -0.2) is 21.2 Å². The number of ether oxygens (including phenoxy) is 1. The van der Waals surface area contributed by atoms with Gasteiger partial charge in [-0.05, 0) is 34.6 Å². The van der Waals surface area contributed by atoms with Gasteiger partial charge in [0.2, 0.25) is 0 Å². The molecule has 0 saturated carbocycles. The summed E-state index contributed by atoms with van der Waals surface area (Å²) in [5.41, 5.74) is 0.577. The maximum absolute atomic E-state index is 12.6. The molecule has 0 aliphatic carbocycles. The second kappa shape index (κ2) is 6.52. The fourth-order valence-electron chi connectivity index (χ4n) is 2.05. The molecular weight excluding hydrogens is 350 g/mol. The second-order valence-corrected chi connectivity index (χ2v) is 8.59. The summed E-state index contributed by atoms with van der Waals surface area (Å²) < 4.78 is 33.9. The molecule has 1 aliphatic rings. The molecule has 2 rings (SSSR count). The summed E-state index contributed by atoms with van der Waals surface area (Å²) in [5, 5.41) is 23.5. The summed E-state index contributed by atoms with van der Waals surface area (Å²) in [6.07, 6.45) is 1.32. The highest BCUT2D eigenvalue weighted by molar-refractivity contribution is 8.07. The molecule has 0 spiro atoms. The van der Waals surface area contributed by atoms with Gasteiger partial charge in [-0.25, -0.2) is 0 Å². The summed E-state index contributed by atoms with van der Waals surface area (Å²) in [5.74, 6) is -1.30. The van der Waals surface area contributed by atoms with Crippen LogP contribution in [0.15, 0.2) is 49.8 Å². The first kappa shape index (κ1) is 18.4. The van der Waals surface area contributed by atoms with Gasteiger partial charge in [-0.3, -0.25) is 0 Å². The van der Waals surface area contributed by atoms with E-state index in [1.807, 2.05) is 20.8 Å². The molecule has 6 nitrogen and oxygen atoms in total. The zero-order valence-electron chi connectivity index (χ0n) is 13.7. The number of thioether (sulfide) groups is 1. The average molecular weight is 367 g/mol. The van der Waals surface area contributed by atoms with Crippen molar-refractivity contribution in [1.29, 1.82) is 0 Å². The Kier molecular flexibility index (Phi) is 5.00. The van der Waals surface area contributed by atoms with E-state index in [2.05, 4.69) is 4.40 Å². The molecule has 1 aromatic carbocycles. The Hall–Kier alpha value is -1.93. The number of benzene rings is 1. The van der Waals surface area contributed by atoms with Crippen LogP contribution in [-0.2, 0) is 15.4 Å². The maximum atomic E-state index is 12.6. The van der Waals surface area contributed by atoms with E-state index in [4.69, 9.17) is 4.74 Å². The quantitative estimate of drug-likeness (QED) is 0.746. The van der Waals surface area contributed by atoms with Crippen molar-refractivity contribution in [3.05, 3.63) is 46.1 Å². The van der Waals surface area contributed by atoms with Crippen LogP contribution < -0.4 is 14.9 Å². The van der Waals surface area contributed by atoms with Gasteiger partial charge in [-0.2, -0.15) is 18.8 Å². The number of hydrogen-bond donors (Lipinski definition) is 0. The van der Waals surface area contributed by atoms with E-state index in [-0.39, 0.29) is 26.7 Å². The van der Waals surface area contributed by atoms with Crippen LogP contribution in [0.2, 0.25) is 0 Å². The van der Waals surface area contributed by atoms with E-state index < -0.39 is 16.0 Å². The minimum Gasteiger partial charge on any atom is -0.883 e. The van der Waals surface area contributed by atoms with Gasteiger partial charge in [0.25, 0.3) is 10.0 Å². The van der Waals surface area contributed by atoms with Crippen LogP contribution >= 0.6 is 11.8 Å². The minimum absolute atomic E-state index is 0.117. The van der Waals surface area contributed by atoms with Gasteiger partial charge in [0.1, 0.15) is 10.6 Å². The molecule has 1 heterocycles. The fourth-order valence-corrected chi connectivity index (χ4v) is 3.92. The number of hydrogen-bond acceptors (Lipinski definition) is 6. The molecule has 24 heavy (non-hydrogen) atoms. The first-order valence-corrected chi connectivity index (χ1v) is 9.33. The number of allylic oxidation sites excluding steroid dienone is 2. The lowest BCUT2D eigenvalue weighted by molar-refractivity contribution is -0.513. The summed E-state index contributed by atoms with van der Waals surface area (Å²) in [6.45, 7) is 5.99. The molecule has 0 unspecified atom stereocenters. The van der Waals surface area contributed by atoms with E-state index in [0.29, 0.717) is 0 Å². The van der Waals surface area contributed by atoms with Crippen LogP contribution in [0, 0.1) is 0 Å². The summed E-state index contributed by atoms with van der Waals surface area (Å²) in [6, 6.07) is 4.76. The Morgan fingerprint density at radius 3 is 2.46 bits per heavy atom. The van der Waals surface area contributed by atoms with E-state index in [1.54, 1.807) is 12.1 Å². The lowest BCUT2D eigenvalue weighted by Gasteiger charge is -2.21. The van der Waals surface area contributed by atoms with Crippen molar-refractivity contribution >= 4 is 27.5 Å². The van der Waals surface area contributed by atoms with E-state index >= 15 is 0 Å². The Morgan fingerprint density at radius 2 is 1.92 bits per heavy atom. The third-order valence-corrected chi connectivity index (χ3v) is 5.57. The molecule has 0 fully saturated rings. The zero-order chi connectivity index (χ0) is 18.1. The summed E-state index contributed by atoms with van der Waals surface area (Å²) >= 11 is 0.858. The first-order valence-electron chi connectivity index (χ1n) is 7.01. The molecule has 0 radical (unpaired) electrons. The minimum atomic E-state index is -4.13. The van der Waals surface area contributed by atoms with Crippen molar-refractivity contribution in [3.8, 4) is 5.75 Å². The lowest BCUT2D eigenvalue weighted by Crippen LogP contribution is -2.22. The largest absolute Gasteiger partial charge is 0.883 e. The Balaban J connectivity index is 2.55. The highest BCUT2D eigenvalue weighted by atomic mass is 32.2. The molecule has 1 aromatic rings. The van der Waals surface area contributed by atoms with Crippen molar-refractivity contribution in [1.82, 2.24) is 0 Å². The normalized spacial score (nSPS) is 16.7. The smallest absolute Gasteiger partial charge is 0.286 e. The number of sulfonamides is 1. The second-order valence-electron chi connectivity index (χ2n) is 6.10. The standard InChI is InChI=1S/C16H19NO5S2/c1-16(2,3)10-5-6-13(12(9-10)22-4)24(20,21)17-11-7-8-23-14(11)15(18)19/h5-9,18-19H,1-4H3/p-2. The maximum Gasteiger partial charge on any atom is 0.286 e. The molecule has 8 heteroatoms. The molecule has 0 saturated heterocycles. The van der Waals surface area contributed by atoms with Gasteiger partial charge in [0.15, 0.2) is 0 Å². The van der Waals surface area contributed by atoms with E-state index in [1.165, 1.54) is 24.7 Å². The third-order valence-electron chi connectivity index (χ3n) is 3.36. The van der Waals surface area contributed by atoms with Crippen LogP contribution in [0.4, 0.5) is 0 Å². The predicted octanol–water partition coefficient (Wildman–Crippen LogP) is 1.27. The van der Waals surface area contributed by atoms with Crippen LogP contribution in [0.1, 0.15) is 26.3 Å². The van der Waals surface area contributed by atoms with Crippen molar-refractivity contribution in [2.24, 2.45) is 4.40 Å². The topological polar surface area (TPSA) is 102 Å². The molecule has 0 N–H and O–H groups in total. The van der Waals surface area contributed by atoms with Crippen LogP contribution in [0.5, 0.6) is 5.75 Å². The summed E-state index contributed by atoms with van der Waals surface area (Å²) in [4.78, 5) is -0.350. The number of methoxy groups -OCH3 is 1. The Morgan fingerprint density at radius 1 is 1.25 bits per heavy atom. The summed E-state index contributed by atoms with van der Waals surface area (Å²) in [7, 11) is -2.76. The molecule has 0 atom stereocenters. The van der Waals surface area contributed by atoms with Crippen molar-refractivity contribution in [3.63, 3.8) is 0 Å². The van der Waals surface area contributed by atoms with E-state index in [9.17, 15) is 18.6 Å². The Bertz CT molecular complexity index is 842. The van der Waals surface area contributed by atoms with Gasteiger partial charge in [0, 0.05) is 4.91 Å². The van der Waals surface area contributed by atoms with Crippen LogP contribution in [0.25, 0.3) is 0 Å². The van der Waals surface area contributed by atoms with Gasteiger partial charge < -0.3 is 14.9 Å². The van der Waals surface area contributed by atoms with Gasteiger partial charge in [-0.15, -0.1) is 0 Å². The van der Waals surface area contributed by atoms with Gasteiger partial charge >= 0.3 is 0 Å². The highest BCUT2D eigenvalue weighted by Crippen LogP contribution is 2.33. The third kappa shape index (κ3) is 3.76. The van der Waals surface area contributed by atoms with E-state index in [0.717, 1.165) is 17.3 Å². The van der Waals surface area contributed by atoms with Crippen molar-refractivity contribution in [2.45, 2.75) is 31.1 Å². The van der Waals surface area contributed by atoms with Gasteiger partial charge in [-0.1, -0.05) is 38.6 Å². The Labute approximate surface area is 145 Å². The van der Waals surface area contributed by atoms with Crippen molar-refractivity contribution < 1.29 is 23.4 Å². The molecular formula is C16H17NO5S2-2. The number of rotatable bonds is 3. The molecule has 0 aromatic heterocycles. The number of nitrogens with zero attached hydrogens (tertiary/aromatic N) is 1. The highest BCUT2D eigenvalue weighted by Gasteiger charge is 2.24. The lowest BCUT2D eigenvalue weighted by atomic mass is 9.87. The van der Waals surface area contributed by atoms with Gasteiger partial charge in [0.05, 0.1) is 12.8 Å².